The van der Waals surface area contributed by atoms with Crippen molar-refractivity contribution in [2.45, 2.75) is 27.2 Å². The average Bonchev–Trinajstić information content (AvgIpc) is 2.23. The molecule has 0 saturated carbocycles. The van der Waals surface area contributed by atoms with Crippen LogP contribution in [0.1, 0.15) is 27.2 Å². The first kappa shape index (κ1) is 14.1. The number of rotatable bonds is 2. The van der Waals surface area contributed by atoms with Crippen LogP contribution in [0.25, 0.3) is 12.7 Å². The van der Waals surface area contributed by atoms with Gasteiger partial charge in [-0.3, -0.25) is 4.98 Å². The van der Waals surface area contributed by atoms with E-state index in [2.05, 4.69) is 39.6 Å². The van der Waals surface area contributed by atoms with E-state index in [9.17, 15) is 0 Å². The Morgan fingerprint density at radius 2 is 2.20 bits per heavy atom. The number of halogens is 1. The fourth-order valence-electron chi connectivity index (χ4n) is 0.968. The maximum absolute atomic E-state index is 4.21. The minimum atomic E-state index is 0.886. The molecule has 0 saturated heterocycles. The van der Waals surface area contributed by atoms with Crippen LogP contribution >= 0.6 is 15.9 Å². The molecule has 0 aromatic carbocycles. The van der Waals surface area contributed by atoms with Crippen LogP contribution in [0.15, 0.2) is 28.9 Å². The largest absolute Gasteiger partial charge is 0.257 e. The Labute approximate surface area is 100 Å². The van der Waals surface area contributed by atoms with Crippen molar-refractivity contribution in [2.75, 3.05) is 0 Å². The van der Waals surface area contributed by atoms with Crippen molar-refractivity contribution in [1.29, 1.82) is 0 Å². The van der Waals surface area contributed by atoms with Crippen molar-refractivity contribution < 1.29 is 0 Å². The van der Waals surface area contributed by atoms with Crippen LogP contribution in [-0.2, 0) is 0 Å². The number of aromatic nitrogens is 1. The molecule has 0 unspecified atom stereocenters. The van der Waals surface area contributed by atoms with Crippen molar-refractivity contribution in [1.82, 2.24) is 4.98 Å². The molecule has 0 aliphatic carbocycles. The zero-order valence-corrected chi connectivity index (χ0v) is 11.2. The van der Waals surface area contributed by atoms with Gasteiger partial charge in [-0.2, -0.15) is 0 Å². The molecule has 0 bridgehead atoms. The third-order valence-electron chi connectivity index (χ3n) is 1.64. The van der Waals surface area contributed by atoms with E-state index in [-0.39, 0.29) is 0 Å². The summed E-state index contributed by atoms with van der Waals surface area (Å²) in [5, 5.41) is 1.94. The Morgan fingerprint density at radius 1 is 1.53 bits per heavy atom. The highest BCUT2D eigenvalue weighted by Crippen LogP contribution is 2.02. The SMILES string of the molecule is C=c1cccnc1=CC/C=C(\C)Br.CC. The van der Waals surface area contributed by atoms with Gasteiger partial charge in [-0.1, -0.05) is 54.6 Å². The first-order valence-electron chi connectivity index (χ1n) is 5.12. The van der Waals surface area contributed by atoms with E-state index in [1.54, 1.807) is 6.20 Å². The highest BCUT2D eigenvalue weighted by molar-refractivity contribution is 9.11. The lowest BCUT2D eigenvalue weighted by molar-refractivity contribution is 1.21. The lowest BCUT2D eigenvalue weighted by Gasteiger charge is -1.87. The molecule has 1 aromatic rings. The molecule has 82 valence electrons. The summed E-state index contributed by atoms with van der Waals surface area (Å²) in [6, 6.07) is 3.86. The number of nitrogens with zero attached hydrogens (tertiary/aromatic N) is 1. The van der Waals surface area contributed by atoms with Crippen LogP contribution < -0.4 is 10.6 Å². The summed E-state index contributed by atoms with van der Waals surface area (Å²) in [4.78, 5) is 4.21. The summed E-state index contributed by atoms with van der Waals surface area (Å²) in [5.74, 6) is 0. The smallest absolute Gasteiger partial charge is 0.0659 e. The normalized spacial score (nSPS) is 12.0. The molecule has 1 nitrogen and oxygen atoms in total. The summed E-state index contributed by atoms with van der Waals surface area (Å²) in [6.07, 6.45) is 6.82. The van der Waals surface area contributed by atoms with Crippen LogP contribution in [0.4, 0.5) is 0 Å². The first-order chi connectivity index (χ1) is 7.20. The molecule has 0 aliphatic rings. The molecular formula is C13H18BrN. The second kappa shape index (κ2) is 8.42. The van der Waals surface area contributed by atoms with Crippen molar-refractivity contribution >= 4 is 28.6 Å². The molecule has 1 aromatic heterocycles. The minimum absolute atomic E-state index is 0.886. The van der Waals surface area contributed by atoms with Gasteiger partial charge in [-0.15, -0.1) is 0 Å². The van der Waals surface area contributed by atoms with Gasteiger partial charge in [-0.25, -0.2) is 0 Å². The Morgan fingerprint density at radius 3 is 2.73 bits per heavy atom. The second-order valence-corrected chi connectivity index (χ2v) is 4.03. The molecule has 0 amide bonds. The van der Waals surface area contributed by atoms with Crippen molar-refractivity contribution in [3.63, 3.8) is 0 Å². The summed E-state index contributed by atoms with van der Waals surface area (Å²) >= 11 is 3.37. The third kappa shape index (κ3) is 6.24. The van der Waals surface area contributed by atoms with Gasteiger partial charge >= 0.3 is 0 Å². The predicted octanol–water partition coefficient (Wildman–Crippen LogP) is 2.99. The second-order valence-electron chi connectivity index (χ2n) is 2.78. The zero-order valence-electron chi connectivity index (χ0n) is 9.63. The molecule has 0 N–H and O–H groups in total. The van der Waals surface area contributed by atoms with E-state index in [4.69, 9.17) is 0 Å². The predicted molar refractivity (Wildman–Crippen MR) is 72.1 cm³/mol. The van der Waals surface area contributed by atoms with Crippen LogP contribution in [-0.4, -0.2) is 4.98 Å². The Balaban J connectivity index is 0.000000921. The van der Waals surface area contributed by atoms with Crippen LogP contribution in [0, 0.1) is 0 Å². The van der Waals surface area contributed by atoms with Crippen molar-refractivity contribution in [3.05, 3.63) is 39.5 Å². The van der Waals surface area contributed by atoms with Gasteiger partial charge in [0.15, 0.2) is 0 Å². The topological polar surface area (TPSA) is 12.9 Å². The van der Waals surface area contributed by atoms with Crippen LogP contribution in [0.3, 0.4) is 0 Å². The van der Waals surface area contributed by atoms with Gasteiger partial charge < -0.3 is 0 Å². The van der Waals surface area contributed by atoms with Gasteiger partial charge in [0.1, 0.15) is 0 Å². The van der Waals surface area contributed by atoms with Gasteiger partial charge in [0.25, 0.3) is 0 Å². The summed E-state index contributed by atoms with van der Waals surface area (Å²) < 4.78 is 1.14. The molecule has 0 radical (unpaired) electrons. The van der Waals surface area contributed by atoms with Crippen molar-refractivity contribution in [3.8, 4) is 0 Å². The molecule has 1 heterocycles. The molecule has 0 spiro atoms. The number of hydrogen-bond donors (Lipinski definition) is 0. The summed E-state index contributed by atoms with van der Waals surface area (Å²) in [6.45, 7) is 9.90. The van der Waals surface area contributed by atoms with E-state index >= 15 is 0 Å². The van der Waals surface area contributed by atoms with E-state index in [0.29, 0.717) is 0 Å². The number of hydrogen-bond acceptors (Lipinski definition) is 1. The molecule has 1 rings (SSSR count). The monoisotopic (exact) mass is 267 g/mol. The number of pyridine rings is 1. The van der Waals surface area contributed by atoms with Gasteiger partial charge in [0, 0.05) is 6.20 Å². The van der Waals surface area contributed by atoms with Gasteiger partial charge in [0.05, 0.1) is 5.35 Å². The lowest BCUT2D eigenvalue weighted by Crippen LogP contribution is -2.25. The molecule has 0 aliphatic heterocycles. The molecule has 15 heavy (non-hydrogen) atoms. The Kier molecular flexibility index (Phi) is 7.92. The zero-order chi connectivity index (χ0) is 11.7. The first-order valence-corrected chi connectivity index (χ1v) is 5.92. The molecule has 0 atom stereocenters. The Hall–Kier alpha value is -0.890. The number of allylic oxidation sites excluding steroid dienone is 2. The quantitative estimate of drug-likeness (QED) is 0.803. The standard InChI is InChI=1S/C11H12BrN.C2H6/c1-9-5-4-8-13-11(9)7-3-6-10(2)12;1-2/h4-8H,1,3H2,2H3;1-2H3/b10-6+,11-7?;. The summed E-state index contributed by atoms with van der Waals surface area (Å²) in [7, 11) is 0. The van der Waals surface area contributed by atoms with Crippen LogP contribution in [0.2, 0.25) is 0 Å². The Bertz CT molecular complexity index is 403. The van der Waals surface area contributed by atoms with Gasteiger partial charge in [0.2, 0.25) is 0 Å². The maximum atomic E-state index is 4.21. The highest BCUT2D eigenvalue weighted by Gasteiger charge is 1.82. The van der Waals surface area contributed by atoms with E-state index in [0.717, 1.165) is 21.5 Å². The molecule has 2 heteroatoms. The van der Waals surface area contributed by atoms with E-state index < -0.39 is 0 Å². The fraction of sp³-hybridized carbons (Fsp3) is 0.308. The van der Waals surface area contributed by atoms with Gasteiger partial charge in [-0.05, 0) is 29.1 Å². The lowest BCUT2D eigenvalue weighted by atomic mass is 10.3. The summed E-state index contributed by atoms with van der Waals surface area (Å²) in [5.41, 5.74) is 0. The fourth-order valence-corrected chi connectivity index (χ4v) is 1.15. The molecule has 0 fully saturated rings. The minimum Gasteiger partial charge on any atom is -0.257 e. The van der Waals surface area contributed by atoms with E-state index in [1.807, 2.05) is 32.9 Å². The maximum Gasteiger partial charge on any atom is 0.0659 e. The average molecular weight is 268 g/mol. The molecular weight excluding hydrogens is 250 g/mol. The van der Waals surface area contributed by atoms with E-state index in [1.165, 1.54) is 0 Å². The van der Waals surface area contributed by atoms with Crippen LogP contribution in [0.5, 0.6) is 0 Å². The van der Waals surface area contributed by atoms with Crippen molar-refractivity contribution in [2.24, 2.45) is 0 Å². The highest BCUT2D eigenvalue weighted by atomic mass is 79.9. The third-order valence-corrected chi connectivity index (χ3v) is 1.96.